The second kappa shape index (κ2) is 7.48. The van der Waals surface area contributed by atoms with E-state index in [4.69, 9.17) is 4.74 Å². The van der Waals surface area contributed by atoms with Gasteiger partial charge in [0.15, 0.2) is 0 Å². The van der Waals surface area contributed by atoms with Gasteiger partial charge in [0.25, 0.3) is 0 Å². The van der Waals surface area contributed by atoms with E-state index in [9.17, 15) is 4.79 Å². The molecule has 0 saturated carbocycles. The Morgan fingerprint density at radius 2 is 1.76 bits per heavy atom. The molecule has 3 heteroatoms. The lowest BCUT2D eigenvalue weighted by Gasteiger charge is -2.20. The average Bonchev–Trinajstić information content (AvgIpc) is 2.55. The predicted molar refractivity (Wildman–Crippen MR) is 85.7 cm³/mol. The maximum absolute atomic E-state index is 11.8. The van der Waals surface area contributed by atoms with Crippen molar-refractivity contribution in [2.24, 2.45) is 0 Å². The van der Waals surface area contributed by atoms with Crippen LogP contribution in [-0.2, 0) is 4.79 Å². The summed E-state index contributed by atoms with van der Waals surface area (Å²) in [6, 6.07) is 17.8. The highest BCUT2D eigenvalue weighted by Gasteiger charge is 2.15. The number of hydrogen-bond acceptors (Lipinski definition) is 3. The number of Topliss-reactive ketones (excluding diaryl/α,β-unsaturated/α-hetero) is 1. The molecule has 21 heavy (non-hydrogen) atoms. The van der Waals surface area contributed by atoms with Crippen LogP contribution in [0.5, 0.6) is 5.75 Å². The minimum Gasteiger partial charge on any atom is -0.497 e. The molecule has 3 nitrogen and oxygen atoms in total. The fraction of sp³-hybridized carbons (Fsp3) is 0.278. The zero-order chi connectivity index (χ0) is 15.1. The number of nitrogens with one attached hydrogen (secondary N) is 1. The van der Waals surface area contributed by atoms with E-state index >= 15 is 0 Å². The van der Waals surface area contributed by atoms with E-state index in [1.54, 1.807) is 7.11 Å². The van der Waals surface area contributed by atoms with Crippen molar-refractivity contribution >= 4 is 11.5 Å². The number of para-hydroxylation sites is 1. The highest BCUT2D eigenvalue weighted by Crippen LogP contribution is 2.25. The van der Waals surface area contributed by atoms with E-state index in [1.165, 1.54) is 0 Å². The summed E-state index contributed by atoms with van der Waals surface area (Å²) in [4.78, 5) is 11.8. The molecule has 0 aliphatic rings. The standard InChI is InChI=1S/C18H21NO2/c1-3-16(20)13-18(19-15-7-5-4-6-8-15)14-9-11-17(21-2)12-10-14/h4-12,18-19H,3,13H2,1-2H3. The van der Waals surface area contributed by atoms with Gasteiger partial charge < -0.3 is 10.1 Å². The molecular formula is C18H21NO2. The largest absolute Gasteiger partial charge is 0.497 e. The third-order valence-electron chi connectivity index (χ3n) is 3.46. The second-order valence-electron chi connectivity index (χ2n) is 4.93. The van der Waals surface area contributed by atoms with Crippen molar-refractivity contribution < 1.29 is 9.53 Å². The van der Waals surface area contributed by atoms with Crippen LogP contribution in [-0.4, -0.2) is 12.9 Å². The number of hydrogen-bond donors (Lipinski definition) is 1. The molecule has 0 amide bonds. The van der Waals surface area contributed by atoms with Gasteiger partial charge in [-0.05, 0) is 29.8 Å². The van der Waals surface area contributed by atoms with Crippen molar-refractivity contribution in [3.8, 4) is 5.75 Å². The molecule has 0 aromatic heterocycles. The smallest absolute Gasteiger partial charge is 0.135 e. The van der Waals surface area contributed by atoms with Gasteiger partial charge in [0.05, 0.1) is 13.2 Å². The molecule has 110 valence electrons. The molecule has 0 saturated heterocycles. The van der Waals surface area contributed by atoms with Crippen LogP contribution >= 0.6 is 0 Å². The zero-order valence-electron chi connectivity index (χ0n) is 12.5. The molecule has 0 radical (unpaired) electrons. The van der Waals surface area contributed by atoms with Crippen molar-refractivity contribution in [1.82, 2.24) is 0 Å². The average molecular weight is 283 g/mol. The zero-order valence-corrected chi connectivity index (χ0v) is 12.5. The van der Waals surface area contributed by atoms with Gasteiger partial charge in [0, 0.05) is 18.5 Å². The molecule has 0 fully saturated rings. The molecular weight excluding hydrogens is 262 g/mol. The summed E-state index contributed by atoms with van der Waals surface area (Å²) >= 11 is 0. The highest BCUT2D eigenvalue weighted by atomic mass is 16.5. The van der Waals surface area contributed by atoms with Crippen molar-refractivity contribution in [2.45, 2.75) is 25.8 Å². The van der Waals surface area contributed by atoms with Crippen molar-refractivity contribution in [1.29, 1.82) is 0 Å². The molecule has 1 N–H and O–H groups in total. The Labute approximate surface area is 126 Å². The Morgan fingerprint density at radius 3 is 2.33 bits per heavy atom. The monoisotopic (exact) mass is 283 g/mol. The maximum Gasteiger partial charge on any atom is 0.135 e. The Hall–Kier alpha value is -2.29. The summed E-state index contributed by atoms with van der Waals surface area (Å²) in [6.07, 6.45) is 1.04. The number of methoxy groups -OCH3 is 1. The Morgan fingerprint density at radius 1 is 1.10 bits per heavy atom. The molecule has 1 atom stereocenters. The fourth-order valence-electron chi connectivity index (χ4n) is 2.20. The predicted octanol–water partition coefficient (Wildman–Crippen LogP) is 4.22. The van der Waals surface area contributed by atoms with Crippen LogP contribution < -0.4 is 10.1 Å². The minimum absolute atomic E-state index is 0.0224. The first kappa shape index (κ1) is 15.1. The van der Waals surface area contributed by atoms with Crippen LogP contribution in [0.25, 0.3) is 0 Å². The number of carbonyl (C=O) groups excluding carboxylic acids is 1. The van der Waals surface area contributed by atoms with Gasteiger partial charge in [-0.2, -0.15) is 0 Å². The Bertz CT molecular complexity index is 564. The van der Waals surface area contributed by atoms with E-state index in [2.05, 4.69) is 5.32 Å². The number of carbonyl (C=O) groups is 1. The van der Waals surface area contributed by atoms with Crippen LogP contribution in [0.4, 0.5) is 5.69 Å². The highest BCUT2D eigenvalue weighted by molar-refractivity contribution is 5.79. The molecule has 0 aliphatic heterocycles. The van der Waals surface area contributed by atoms with Gasteiger partial charge in [0.2, 0.25) is 0 Å². The number of benzene rings is 2. The molecule has 1 unspecified atom stereocenters. The summed E-state index contributed by atoms with van der Waals surface area (Å²) in [6.45, 7) is 1.90. The summed E-state index contributed by atoms with van der Waals surface area (Å²) in [5, 5.41) is 3.44. The van der Waals surface area contributed by atoms with E-state index in [1.807, 2.05) is 61.5 Å². The SMILES string of the molecule is CCC(=O)CC(Nc1ccccc1)c1ccc(OC)cc1. The third-order valence-corrected chi connectivity index (χ3v) is 3.46. The minimum atomic E-state index is -0.0224. The lowest BCUT2D eigenvalue weighted by Crippen LogP contribution is -2.15. The van der Waals surface area contributed by atoms with E-state index in [0.717, 1.165) is 17.0 Å². The summed E-state index contributed by atoms with van der Waals surface area (Å²) in [5.41, 5.74) is 2.10. The molecule has 0 bridgehead atoms. The van der Waals surface area contributed by atoms with Gasteiger partial charge in [0.1, 0.15) is 11.5 Å². The van der Waals surface area contributed by atoms with Crippen LogP contribution in [0.2, 0.25) is 0 Å². The first-order chi connectivity index (χ1) is 10.2. The molecule has 0 aliphatic carbocycles. The van der Waals surface area contributed by atoms with Crippen molar-refractivity contribution in [2.75, 3.05) is 12.4 Å². The van der Waals surface area contributed by atoms with Gasteiger partial charge >= 0.3 is 0 Å². The molecule has 0 heterocycles. The second-order valence-corrected chi connectivity index (χ2v) is 4.93. The summed E-state index contributed by atoms with van der Waals surface area (Å²) in [7, 11) is 1.65. The van der Waals surface area contributed by atoms with Crippen molar-refractivity contribution in [3.63, 3.8) is 0 Å². The maximum atomic E-state index is 11.8. The molecule has 2 rings (SSSR count). The van der Waals surface area contributed by atoms with Crippen LogP contribution in [0.3, 0.4) is 0 Å². The van der Waals surface area contributed by atoms with E-state index < -0.39 is 0 Å². The number of rotatable bonds is 7. The number of anilines is 1. The summed E-state index contributed by atoms with van der Waals surface area (Å²) in [5.74, 6) is 1.07. The van der Waals surface area contributed by atoms with Gasteiger partial charge in [-0.25, -0.2) is 0 Å². The topological polar surface area (TPSA) is 38.3 Å². The third kappa shape index (κ3) is 4.35. The summed E-state index contributed by atoms with van der Waals surface area (Å²) < 4.78 is 5.18. The first-order valence-corrected chi connectivity index (χ1v) is 7.20. The van der Waals surface area contributed by atoms with Crippen LogP contribution in [0.15, 0.2) is 54.6 Å². The number of ether oxygens (including phenoxy) is 1. The van der Waals surface area contributed by atoms with Crippen LogP contribution in [0, 0.1) is 0 Å². The molecule has 0 spiro atoms. The van der Waals surface area contributed by atoms with Gasteiger partial charge in [-0.3, -0.25) is 4.79 Å². The molecule has 2 aromatic carbocycles. The van der Waals surface area contributed by atoms with Crippen molar-refractivity contribution in [3.05, 3.63) is 60.2 Å². The lowest BCUT2D eigenvalue weighted by molar-refractivity contribution is -0.119. The van der Waals surface area contributed by atoms with Gasteiger partial charge in [-0.15, -0.1) is 0 Å². The van der Waals surface area contributed by atoms with Crippen LogP contribution in [0.1, 0.15) is 31.4 Å². The Balaban J connectivity index is 2.19. The fourth-order valence-corrected chi connectivity index (χ4v) is 2.20. The lowest BCUT2D eigenvalue weighted by atomic mass is 10.00. The normalized spacial score (nSPS) is 11.7. The first-order valence-electron chi connectivity index (χ1n) is 7.20. The van der Waals surface area contributed by atoms with E-state index in [0.29, 0.717) is 12.8 Å². The van der Waals surface area contributed by atoms with Gasteiger partial charge in [-0.1, -0.05) is 37.3 Å². The quantitative estimate of drug-likeness (QED) is 0.827. The van der Waals surface area contributed by atoms with E-state index in [-0.39, 0.29) is 11.8 Å². The number of ketones is 1. The Kier molecular flexibility index (Phi) is 5.38. The molecule has 2 aromatic rings.